The zero-order chi connectivity index (χ0) is 19.0. The van der Waals surface area contributed by atoms with Crippen LogP contribution in [0.4, 0.5) is 34.6 Å². The average Bonchev–Trinajstić information content (AvgIpc) is 2.55. The summed E-state index contributed by atoms with van der Waals surface area (Å²) in [5.74, 6) is -2.76. The molecule has 0 amide bonds. The van der Waals surface area contributed by atoms with E-state index in [1.54, 1.807) is 26.0 Å². The smallest absolute Gasteiger partial charge is 0.147 e. The maximum Gasteiger partial charge on any atom is 0.147 e. The summed E-state index contributed by atoms with van der Waals surface area (Å²) in [6, 6.07) is 10.6. The predicted molar refractivity (Wildman–Crippen MR) is 95.2 cm³/mol. The number of hydrogen-bond donors (Lipinski definition) is 0. The predicted octanol–water partition coefficient (Wildman–Crippen LogP) is 6.64. The lowest BCUT2D eigenvalue weighted by Crippen LogP contribution is -2.15. The van der Waals surface area contributed by atoms with Crippen LogP contribution in [0.3, 0.4) is 0 Å². The summed E-state index contributed by atoms with van der Waals surface area (Å²) < 4.78 is 57.9. The number of anilines is 3. The Labute approximate surface area is 149 Å². The molecule has 0 atom stereocenters. The number of aryl methyl sites for hydroxylation is 3. The second kappa shape index (κ2) is 6.83. The van der Waals surface area contributed by atoms with Crippen molar-refractivity contribution in [3.8, 4) is 0 Å². The van der Waals surface area contributed by atoms with E-state index in [0.717, 1.165) is 17.0 Å². The summed E-state index contributed by atoms with van der Waals surface area (Å²) in [6.45, 7) is 4.83. The first-order valence-electron chi connectivity index (χ1n) is 8.06. The van der Waals surface area contributed by atoms with E-state index in [-0.39, 0.29) is 22.6 Å². The lowest BCUT2D eigenvalue weighted by molar-refractivity contribution is 0.589. The van der Waals surface area contributed by atoms with Gasteiger partial charge in [-0.05, 0) is 67.8 Å². The molecule has 3 aromatic rings. The molecule has 0 unspecified atom stereocenters. The van der Waals surface area contributed by atoms with E-state index in [1.807, 2.05) is 0 Å². The van der Waals surface area contributed by atoms with Crippen LogP contribution < -0.4 is 4.90 Å². The van der Waals surface area contributed by atoms with Crippen LogP contribution in [0, 0.1) is 44.0 Å². The highest BCUT2D eigenvalue weighted by Gasteiger charge is 2.23. The highest BCUT2D eigenvalue weighted by Crippen LogP contribution is 2.39. The zero-order valence-electron chi connectivity index (χ0n) is 14.6. The minimum absolute atomic E-state index is 0.0690. The third-order valence-corrected chi connectivity index (χ3v) is 4.16. The molecule has 0 heterocycles. The Kier molecular flexibility index (Phi) is 4.72. The molecule has 0 aliphatic heterocycles. The second-order valence-corrected chi connectivity index (χ2v) is 6.30. The minimum Gasteiger partial charge on any atom is -0.302 e. The van der Waals surface area contributed by atoms with Crippen LogP contribution in [0.2, 0.25) is 0 Å². The van der Waals surface area contributed by atoms with Gasteiger partial charge in [-0.15, -0.1) is 0 Å². The molecular formula is C21H17F4N. The van der Waals surface area contributed by atoms with E-state index in [1.165, 1.54) is 31.2 Å². The fourth-order valence-corrected chi connectivity index (χ4v) is 2.78. The number of benzene rings is 3. The maximum atomic E-state index is 14.6. The Morgan fingerprint density at radius 1 is 0.538 bits per heavy atom. The van der Waals surface area contributed by atoms with Crippen molar-refractivity contribution in [1.82, 2.24) is 0 Å². The van der Waals surface area contributed by atoms with Crippen molar-refractivity contribution in [1.29, 1.82) is 0 Å². The zero-order valence-corrected chi connectivity index (χ0v) is 14.6. The van der Waals surface area contributed by atoms with Crippen LogP contribution in [0.5, 0.6) is 0 Å². The molecule has 0 bridgehead atoms. The fraction of sp³-hybridized carbons (Fsp3) is 0.143. The Balaban J connectivity index is 2.31. The van der Waals surface area contributed by atoms with Gasteiger partial charge in [0.05, 0.1) is 17.1 Å². The van der Waals surface area contributed by atoms with Gasteiger partial charge in [0.25, 0.3) is 0 Å². The van der Waals surface area contributed by atoms with Crippen LogP contribution >= 0.6 is 0 Å². The largest absolute Gasteiger partial charge is 0.302 e. The van der Waals surface area contributed by atoms with Crippen LogP contribution in [-0.4, -0.2) is 0 Å². The third kappa shape index (κ3) is 3.29. The summed E-state index contributed by atoms with van der Waals surface area (Å²) in [4.78, 5) is 1.06. The van der Waals surface area contributed by atoms with Gasteiger partial charge in [0.1, 0.15) is 23.3 Å². The molecule has 0 aliphatic carbocycles. The van der Waals surface area contributed by atoms with Gasteiger partial charge in [0.2, 0.25) is 0 Å². The summed E-state index contributed by atoms with van der Waals surface area (Å²) in [5, 5.41) is 0. The monoisotopic (exact) mass is 359 g/mol. The lowest BCUT2D eigenvalue weighted by Gasteiger charge is -2.27. The van der Waals surface area contributed by atoms with E-state index in [2.05, 4.69) is 0 Å². The molecule has 0 N–H and O–H groups in total. The highest BCUT2D eigenvalue weighted by molar-refractivity contribution is 5.78. The molecule has 26 heavy (non-hydrogen) atoms. The Morgan fingerprint density at radius 2 is 1.00 bits per heavy atom. The molecule has 0 saturated heterocycles. The third-order valence-electron chi connectivity index (χ3n) is 4.16. The topological polar surface area (TPSA) is 3.24 Å². The summed E-state index contributed by atoms with van der Waals surface area (Å²) in [7, 11) is 0. The maximum absolute atomic E-state index is 14.6. The first kappa shape index (κ1) is 18.0. The van der Waals surface area contributed by atoms with E-state index in [0.29, 0.717) is 11.1 Å². The van der Waals surface area contributed by atoms with Crippen molar-refractivity contribution in [3.63, 3.8) is 0 Å². The van der Waals surface area contributed by atoms with Gasteiger partial charge in [-0.25, -0.2) is 17.6 Å². The van der Waals surface area contributed by atoms with Crippen molar-refractivity contribution < 1.29 is 17.6 Å². The second-order valence-electron chi connectivity index (χ2n) is 6.30. The number of halogens is 4. The molecule has 0 aliphatic rings. The number of nitrogens with zero attached hydrogens (tertiary/aromatic N) is 1. The van der Waals surface area contributed by atoms with Gasteiger partial charge < -0.3 is 4.90 Å². The molecule has 5 heteroatoms. The van der Waals surface area contributed by atoms with Crippen LogP contribution in [0.1, 0.15) is 16.7 Å². The van der Waals surface area contributed by atoms with Crippen LogP contribution in [-0.2, 0) is 0 Å². The van der Waals surface area contributed by atoms with E-state index in [4.69, 9.17) is 0 Å². The van der Waals surface area contributed by atoms with Crippen molar-refractivity contribution >= 4 is 17.1 Å². The molecule has 0 radical (unpaired) electrons. The molecule has 0 spiro atoms. The van der Waals surface area contributed by atoms with Gasteiger partial charge in [0.15, 0.2) is 0 Å². The van der Waals surface area contributed by atoms with Crippen LogP contribution in [0.15, 0.2) is 48.5 Å². The first-order valence-corrected chi connectivity index (χ1v) is 8.06. The molecule has 1 nitrogen and oxygen atoms in total. The average molecular weight is 359 g/mol. The quantitative estimate of drug-likeness (QED) is 0.474. The van der Waals surface area contributed by atoms with E-state index >= 15 is 0 Å². The van der Waals surface area contributed by atoms with E-state index in [9.17, 15) is 17.6 Å². The summed E-state index contributed by atoms with van der Waals surface area (Å²) in [5.41, 5.74) is 1.02. The Hall–Kier alpha value is -2.82. The lowest BCUT2D eigenvalue weighted by atomic mass is 10.1. The molecule has 0 aromatic heterocycles. The molecule has 134 valence electrons. The molecule has 3 rings (SSSR count). The van der Waals surface area contributed by atoms with Gasteiger partial charge in [0, 0.05) is 6.07 Å². The molecular weight excluding hydrogens is 342 g/mol. The Morgan fingerprint density at radius 3 is 1.46 bits per heavy atom. The van der Waals surface area contributed by atoms with Gasteiger partial charge in [-0.2, -0.15) is 0 Å². The fourth-order valence-electron chi connectivity index (χ4n) is 2.78. The van der Waals surface area contributed by atoms with Crippen molar-refractivity contribution in [3.05, 3.63) is 88.5 Å². The van der Waals surface area contributed by atoms with Crippen molar-refractivity contribution in [2.75, 3.05) is 4.90 Å². The van der Waals surface area contributed by atoms with E-state index < -0.39 is 23.3 Å². The molecule has 0 fully saturated rings. The van der Waals surface area contributed by atoms with Crippen molar-refractivity contribution in [2.24, 2.45) is 0 Å². The van der Waals surface area contributed by atoms with Gasteiger partial charge in [-0.3, -0.25) is 0 Å². The number of rotatable bonds is 3. The standard InChI is InChI=1S/C21H17F4N/c1-12-4-6-19(16(23)8-12)26(20-7-5-13(2)9-17(20)24)21-11-15(22)14(3)10-18(21)25/h4-11H,1-3H3. The summed E-state index contributed by atoms with van der Waals surface area (Å²) in [6.07, 6.45) is 0. The SMILES string of the molecule is Cc1ccc(N(c2ccc(C)cc2F)c2cc(F)c(C)cc2F)c(F)c1. The highest BCUT2D eigenvalue weighted by atomic mass is 19.1. The molecule has 0 saturated carbocycles. The Bertz CT molecular complexity index is 930. The first-order chi connectivity index (χ1) is 12.3. The van der Waals surface area contributed by atoms with Gasteiger partial charge >= 0.3 is 0 Å². The summed E-state index contributed by atoms with van der Waals surface area (Å²) >= 11 is 0. The molecule has 3 aromatic carbocycles. The normalized spacial score (nSPS) is 10.9. The van der Waals surface area contributed by atoms with Crippen LogP contribution in [0.25, 0.3) is 0 Å². The minimum atomic E-state index is -0.774. The van der Waals surface area contributed by atoms with Gasteiger partial charge in [-0.1, -0.05) is 12.1 Å². The van der Waals surface area contributed by atoms with Crippen molar-refractivity contribution in [2.45, 2.75) is 20.8 Å². The number of hydrogen-bond acceptors (Lipinski definition) is 1.